The Hall–Kier alpha value is -0.650. The summed E-state index contributed by atoms with van der Waals surface area (Å²) < 4.78 is 5.27. The van der Waals surface area contributed by atoms with Gasteiger partial charge in [-0.15, -0.1) is 11.3 Å². The molecule has 20 heavy (non-hydrogen) atoms. The van der Waals surface area contributed by atoms with Gasteiger partial charge in [-0.05, 0) is 32.1 Å². The van der Waals surface area contributed by atoms with Crippen molar-refractivity contribution in [3.8, 4) is 0 Å². The zero-order chi connectivity index (χ0) is 14.5. The highest BCUT2D eigenvalue weighted by Gasteiger charge is 2.33. The largest absolute Gasteiger partial charge is 0.383 e. The smallest absolute Gasteiger partial charge is 0.186 e. The van der Waals surface area contributed by atoms with E-state index in [2.05, 4.69) is 18.7 Å². The number of methoxy groups -OCH3 is 1. The summed E-state index contributed by atoms with van der Waals surface area (Å²) in [5, 5.41) is 1.13. The fourth-order valence-corrected chi connectivity index (χ4v) is 3.68. The van der Waals surface area contributed by atoms with Crippen LogP contribution in [0.5, 0.6) is 0 Å². The molecule has 2 rings (SSSR count). The molecular weight excluding hydrogens is 270 g/mol. The first-order valence-corrected chi connectivity index (χ1v) is 8.47. The maximum absolute atomic E-state index is 5.87. The van der Waals surface area contributed by atoms with Crippen LogP contribution < -0.4 is 10.6 Å². The number of aryl methyl sites for hydroxylation is 1. The van der Waals surface area contributed by atoms with Crippen LogP contribution in [0.1, 0.15) is 43.7 Å². The van der Waals surface area contributed by atoms with E-state index in [1.54, 1.807) is 18.4 Å². The standard InChI is InChI=1S/C15H27N3OS/c1-4-5-13-14(10-16)20-15(17-13)18(8-9-19-3)11(2)12-6-7-12/h11-12H,4-10,16H2,1-3H3. The van der Waals surface area contributed by atoms with E-state index >= 15 is 0 Å². The Labute approximate surface area is 126 Å². The molecule has 0 saturated heterocycles. The molecule has 1 atom stereocenters. The summed E-state index contributed by atoms with van der Waals surface area (Å²) in [6.45, 7) is 6.77. The molecule has 1 heterocycles. The van der Waals surface area contributed by atoms with Crippen LogP contribution >= 0.6 is 11.3 Å². The maximum Gasteiger partial charge on any atom is 0.186 e. The number of nitrogens with two attached hydrogens (primary N) is 1. The van der Waals surface area contributed by atoms with Gasteiger partial charge in [-0.1, -0.05) is 13.3 Å². The SMILES string of the molecule is CCCc1nc(N(CCOC)C(C)C2CC2)sc1CN. The van der Waals surface area contributed by atoms with Crippen LogP contribution in [0.25, 0.3) is 0 Å². The summed E-state index contributed by atoms with van der Waals surface area (Å²) in [7, 11) is 1.76. The van der Waals surface area contributed by atoms with E-state index in [4.69, 9.17) is 15.5 Å². The minimum atomic E-state index is 0.552. The number of hydrogen-bond donors (Lipinski definition) is 1. The third kappa shape index (κ3) is 3.71. The normalized spacial score (nSPS) is 16.4. The Morgan fingerprint density at radius 2 is 2.25 bits per heavy atom. The van der Waals surface area contributed by atoms with Crippen molar-refractivity contribution in [2.75, 3.05) is 25.2 Å². The summed E-state index contributed by atoms with van der Waals surface area (Å²) in [6, 6.07) is 0.552. The minimum absolute atomic E-state index is 0.552. The second-order valence-electron chi connectivity index (χ2n) is 5.58. The van der Waals surface area contributed by atoms with E-state index in [1.165, 1.54) is 23.4 Å². The van der Waals surface area contributed by atoms with Crippen LogP contribution in [0.15, 0.2) is 0 Å². The van der Waals surface area contributed by atoms with Crippen molar-refractivity contribution in [1.82, 2.24) is 4.98 Å². The van der Waals surface area contributed by atoms with Crippen LogP contribution in [0, 0.1) is 5.92 Å². The topological polar surface area (TPSA) is 51.4 Å². The first kappa shape index (κ1) is 15.7. The lowest BCUT2D eigenvalue weighted by molar-refractivity contribution is 0.202. The van der Waals surface area contributed by atoms with E-state index in [0.717, 1.165) is 37.0 Å². The average Bonchev–Trinajstić information content (AvgIpc) is 3.22. The highest BCUT2D eigenvalue weighted by atomic mass is 32.1. The molecule has 0 amide bonds. The molecule has 1 aromatic heterocycles. The Morgan fingerprint density at radius 1 is 1.50 bits per heavy atom. The van der Waals surface area contributed by atoms with E-state index in [9.17, 15) is 0 Å². The van der Waals surface area contributed by atoms with Crippen molar-refractivity contribution >= 4 is 16.5 Å². The molecular formula is C15H27N3OS. The van der Waals surface area contributed by atoms with Gasteiger partial charge in [0.25, 0.3) is 0 Å². The minimum Gasteiger partial charge on any atom is -0.383 e. The molecule has 1 aliphatic rings. The molecule has 1 aromatic rings. The van der Waals surface area contributed by atoms with Crippen molar-refractivity contribution in [2.45, 2.75) is 52.1 Å². The molecule has 5 heteroatoms. The van der Waals surface area contributed by atoms with Crippen molar-refractivity contribution in [3.63, 3.8) is 0 Å². The number of thiazole rings is 1. The number of nitrogens with zero attached hydrogens (tertiary/aromatic N) is 2. The second kappa shape index (κ2) is 7.38. The lowest BCUT2D eigenvalue weighted by atomic mass is 10.2. The van der Waals surface area contributed by atoms with E-state index in [0.29, 0.717) is 12.6 Å². The summed E-state index contributed by atoms with van der Waals surface area (Å²) >= 11 is 1.77. The first-order valence-electron chi connectivity index (χ1n) is 7.65. The average molecular weight is 297 g/mol. The third-order valence-corrected chi connectivity index (χ3v) is 5.17. The van der Waals surface area contributed by atoms with Crippen LogP contribution in [0.2, 0.25) is 0 Å². The molecule has 4 nitrogen and oxygen atoms in total. The van der Waals surface area contributed by atoms with Crippen LogP contribution in [-0.2, 0) is 17.7 Å². The molecule has 0 spiro atoms. The predicted octanol–water partition coefficient (Wildman–Crippen LogP) is 2.81. The van der Waals surface area contributed by atoms with Gasteiger partial charge >= 0.3 is 0 Å². The summed E-state index contributed by atoms with van der Waals surface area (Å²) in [4.78, 5) is 8.53. The lowest BCUT2D eigenvalue weighted by Crippen LogP contribution is -2.37. The van der Waals surface area contributed by atoms with Gasteiger partial charge in [0.05, 0.1) is 12.3 Å². The van der Waals surface area contributed by atoms with Gasteiger partial charge in [0, 0.05) is 31.1 Å². The Balaban J connectivity index is 2.17. The summed E-state index contributed by atoms with van der Waals surface area (Å²) in [6.07, 6.45) is 4.84. The first-order chi connectivity index (χ1) is 9.71. The van der Waals surface area contributed by atoms with Crippen LogP contribution in [-0.4, -0.2) is 31.3 Å². The van der Waals surface area contributed by atoms with Gasteiger partial charge in [0.15, 0.2) is 5.13 Å². The van der Waals surface area contributed by atoms with Gasteiger partial charge in [-0.2, -0.15) is 0 Å². The molecule has 0 aliphatic heterocycles. The van der Waals surface area contributed by atoms with Crippen molar-refractivity contribution in [3.05, 3.63) is 10.6 Å². The highest BCUT2D eigenvalue weighted by Crippen LogP contribution is 2.38. The molecule has 114 valence electrons. The third-order valence-electron chi connectivity index (χ3n) is 4.02. The Morgan fingerprint density at radius 3 is 2.80 bits per heavy atom. The summed E-state index contributed by atoms with van der Waals surface area (Å²) in [5.41, 5.74) is 7.06. The number of aromatic nitrogens is 1. The summed E-state index contributed by atoms with van der Waals surface area (Å²) in [5.74, 6) is 0.826. The zero-order valence-corrected chi connectivity index (χ0v) is 13.7. The molecule has 0 aromatic carbocycles. The van der Waals surface area contributed by atoms with Crippen molar-refractivity contribution in [1.29, 1.82) is 0 Å². The van der Waals surface area contributed by atoms with Gasteiger partial charge in [0.2, 0.25) is 0 Å². The molecule has 0 bridgehead atoms. The van der Waals surface area contributed by atoms with Crippen LogP contribution in [0.4, 0.5) is 5.13 Å². The van der Waals surface area contributed by atoms with Gasteiger partial charge in [0.1, 0.15) is 0 Å². The second-order valence-corrected chi connectivity index (χ2v) is 6.65. The molecule has 0 radical (unpaired) electrons. The molecule has 2 N–H and O–H groups in total. The van der Waals surface area contributed by atoms with Crippen LogP contribution in [0.3, 0.4) is 0 Å². The number of hydrogen-bond acceptors (Lipinski definition) is 5. The van der Waals surface area contributed by atoms with Gasteiger partial charge in [-0.25, -0.2) is 4.98 Å². The number of ether oxygens (including phenoxy) is 1. The van der Waals surface area contributed by atoms with Gasteiger partial charge < -0.3 is 15.4 Å². The fraction of sp³-hybridized carbons (Fsp3) is 0.800. The molecule has 1 unspecified atom stereocenters. The van der Waals surface area contributed by atoms with E-state index in [1.807, 2.05) is 0 Å². The molecule has 1 saturated carbocycles. The lowest BCUT2D eigenvalue weighted by Gasteiger charge is -2.28. The van der Waals surface area contributed by atoms with Crippen molar-refractivity contribution in [2.24, 2.45) is 11.7 Å². The quantitative estimate of drug-likeness (QED) is 0.761. The van der Waals surface area contributed by atoms with E-state index in [-0.39, 0.29) is 0 Å². The zero-order valence-electron chi connectivity index (χ0n) is 12.9. The number of rotatable bonds is 9. The highest BCUT2D eigenvalue weighted by molar-refractivity contribution is 7.15. The monoisotopic (exact) mass is 297 g/mol. The van der Waals surface area contributed by atoms with E-state index < -0.39 is 0 Å². The fourth-order valence-electron chi connectivity index (χ4n) is 2.58. The maximum atomic E-state index is 5.87. The Kier molecular flexibility index (Phi) is 5.81. The van der Waals surface area contributed by atoms with Gasteiger partial charge in [-0.3, -0.25) is 0 Å². The number of anilines is 1. The Bertz CT molecular complexity index is 417. The predicted molar refractivity (Wildman–Crippen MR) is 85.4 cm³/mol. The molecule has 1 fully saturated rings. The van der Waals surface area contributed by atoms with Crippen molar-refractivity contribution < 1.29 is 4.74 Å². The molecule has 1 aliphatic carbocycles.